The summed E-state index contributed by atoms with van der Waals surface area (Å²) in [5.41, 5.74) is 4.61. The van der Waals surface area contributed by atoms with Crippen LogP contribution in [-0.4, -0.2) is 28.8 Å². The number of rotatable bonds is 12. The molecule has 0 bridgehead atoms. The normalized spacial score (nSPS) is 15.9. The smallest absolute Gasteiger partial charge is 0.302 e. The van der Waals surface area contributed by atoms with E-state index in [1.807, 2.05) is 12.1 Å². The van der Waals surface area contributed by atoms with E-state index in [1.54, 1.807) is 0 Å². The second-order valence-corrected chi connectivity index (χ2v) is 9.43. The molecule has 2 aromatic carbocycles. The molecule has 2 aromatic rings. The van der Waals surface area contributed by atoms with Gasteiger partial charge in [-0.05, 0) is 49.3 Å². The number of ketones is 1. The van der Waals surface area contributed by atoms with E-state index in [0.29, 0.717) is 12.8 Å². The molecule has 3 rings (SSSR count). The van der Waals surface area contributed by atoms with E-state index in [4.69, 9.17) is 4.74 Å². The molecule has 182 valence electrons. The summed E-state index contributed by atoms with van der Waals surface area (Å²) in [5.74, 6) is -0.0606. The highest BCUT2D eigenvalue weighted by Crippen LogP contribution is 2.31. The third kappa shape index (κ3) is 7.66. The number of esters is 1. The Morgan fingerprint density at radius 1 is 0.971 bits per heavy atom. The third-order valence-corrected chi connectivity index (χ3v) is 6.77. The second kappa shape index (κ2) is 13.2. The van der Waals surface area contributed by atoms with Gasteiger partial charge in [0, 0.05) is 38.9 Å². The quantitative estimate of drug-likeness (QED) is 0.332. The van der Waals surface area contributed by atoms with E-state index in [0.717, 1.165) is 50.8 Å². The zero-order valence-electron chi connectivity index (χ0n) is 21.0. The number of carbonyl (C=O) groups excluding carboxylic acids is 2. The van der Waals surface area contributed by atoms with E-state index < -0.39 is 0 Å². The summed E-state index contributed by atoms with van der Waals surface area (Å²) in [4.78, 5) is 27.4. The molecule has 0 radical (unpaired) electrons. The predicted molar refractivity (Wildman–Crippen MR) is 137 cm³/mol. The van der Waals surface area contributed by atoms with Gasteiger partial charge in [0.1, 0.15) is 6.10 Å². The van der Waals surface area contributed by atoms with Crippen molar-refractivity contribution >= 4 is 11.8 Å². The zero-order chi connectivity index (χ0) is 24.3. The molecule has 0 unspecified atom stereocenters. The minimum Gasteiger partial charge on any atom is -0.461 e. The minimum atomic E-state index is -0.376. The zero-order valence-corrected chi connectivity index (χ0v) is 21.0. The second-order valence-electron chi connectivity index (χ2n) is 9.43. The molecule has 4 heteroatoms. The first-order valence-corrected chi connectivity index (χ1v) is 12.7. The van der Waals surface area contributed by atoms with Crippen LogP contribution < -0.4 is 0 Å². The predicted octanol–water partition coefficient (Wildman–Crippen LogP) is 6.64. The molecule has 0 spiro atoms. The van der Waals surface area contributed by atoms with Crippen LogP contribution in [0.15, 0.2) is 71.8 Å². The van der Waals surface area contributed by atoms with Crippen LogP contribution in [0.5, 0.6) is 0 Å². The van der Waals surface area contributed by atoms with Crippen LogP contribution in [0.2, 0.25) is 0 Å². The molecule has 0 aromatic heterocycles. The van der Waals surface area contributed by atoms with Crippen molar-refractivity contribution in [2.24, 2.45) is 0 Å². The lowest BCUT2D eigenvalue weighted by Gasteiger charge is -2.35. The standard InChI is InChI=1S/C30H39NO3/c1-4-5-17-27-18-12-19-29(33)28(27)20-30(34-24(3)32)23(2)31(21-25-13-8-6-9-14-25)22-26-15-10-7-11-16-26/h6-11,13-16,23,30H,4-5,12,17-22H2,1-3H3/t23-,30-/m0/s1. The number of hydrogen-bond donors (Lipinski definition) is 0. The SMILES string of the molecule is CCCCC1=C(C[C@H](OC(C)=O)[C@H](C)N(Cc2ccccc2)Cc2ccccc2)C(=O)CCC1. The van der Waals surface area contributed by atoms with Crippen LogP contribution in [0.4, 0.5) is 0 Å². The van der Waals surface area contributed by atoms with Gasteiger partial charge in [-0.1, -0.05) is 79.6 Å². The molecule has 0 saturated heterocycles. The van der Waals surface area contributed by atoms with E-state index in [1.165, 1.54) is 23.6 Å². The number of Topliss-reactive ketones (excluding diaryl/α,β-unsaturated/α-hetero) is 1. The number of carbonyl (C=O) groups is 2. The van der Waals surface area contributed by atoms with Crippen molar-refractivity contribution in [2.75, 3.05) is 0 Å². The van der Waals surface area contributed by atoms with E-state index in [-0.39, 0.29) is 23.9 Å². The van der Waals surface area contributed by atoms with Crippen molar-refractivity contribution in [3.05, 3.63) is 82.9 Å². The van der Waals surface area contributed by atoms with Crippen LogP contribution in [0, 0.1) is 0 Å². The van der Waals surface area contributed by atoms with Gasteiger partial charge in [0.15, 0.2) is 5.78 Å². The minimum absolute atomic E-state index is 0.0565. The van der Waals surface area contributed by atoms with E-state index in [9.17, 15) is 9.59 Å². The van der Waals surface area contributed by atoms with Crippen molar-refractivity contribution in [3.8, 4) is 0 Å². The van der Waals surface area contributed by atoms with Gasteiger partial charge in [-0.15, -0.1) is 0 Å². The lowest BCUT2D eigenvalue weighted by Crippen LogP contribution is -2.43. The van der Waals surface area contributed by atoms with E-state index >= 15 is 0 Å². The molecule has 34 heavy (non-hydrogen) atoms. The van der Waals surface area contributed by atoms with Crippen molar-refractivity contribution in [1.82, 2.24) is 4.90 Å². The van der Waals surface area contributed by atoms with Gasteiger partial charge in [-0.3, -0.25) is 14.5 Å². The first-order valence-electron chi connectivity index (χ1n) is 12.7. The molecule has 4 nitrogen and oxygen atoms in total. The van der Waals surface area contributed by atoms with Crippen LogP contribution in [0.25, 0.3) is 0 Å². The van der Waals surface area contributed by atoms with E-state index in [2.05, 4.69) is 67.3 Å². The summed E-state index contributed by atoms with van der Waals surface area (Å²) in [7, 11) is 0. The number of allylic oxidation sites excluding steroid dienone is 1. The number of ether oxygens (including phenoxy) is 1. The van der Waals surface area contributed by atoms with Gasteiger partial charge in [0.05, 0.1) is 0 Å². The Bertz CT molecular complexity index is 910. The molecular weight excluding hydrogens is 422 g/mol. The van der Waals surface area contributed by atoms with Crippen LogP contribution in [0.1, 0.15) is 76.8 Å². The highest BCUT2D eigenvalue weighted by molar-refractivity contribution is 5.97. The molecule has 1 aliphatic rings. The maximum atomic E-state index is 13.0. The molecular formula is C30H39NO3. The molecule has 0 saturated carbocycles. The van der Waals surface area contributed by atoms with Crippen LogP contribution in [-0.2, 0) is 27.4 Å². The molecule has 0 aliphatic heterocycles. The van der Waals surface area contributed by atoms with Crippen molar-refractivity contribution < 1.29 is 14.3 Å². The fourth-order valence-corrected chi connectivity index (χ4v) is 4.83. The average molecular weight is 462 g/mol. The summed E-state index contributed by atoms with van der Waals surface area (Å²) < 4.78 is 5.91. The summed E-state index contributed by atoms with van der Waals surface area (Å²) in [5, 5.41) is 0. The Hall–Kier alpha value is -2.72. The fraction of sp³-hybridized carbons (Fsp3) is 0.467. The number of hydrogen-bond acceptors (Lipinski definition) is 4. The average Bonchev–Trinajstić information content (AvgIpc) is 2.84. The summed E-state index contributed by atoms with van der Waals surface area (Å²) in [6, 6.07) is 20.7. The molecule has 0 amide bonds. The van der Waals surface area contributed by atoms with Gasteiger partial charge in [0.2, 0.25) is 0 Å². The number of benzene rings is 2. The Labute approximate surface area is 205 Å². The van der Waals surface area contributed by atoms with Gasteiger partial charge in [0.25, 0.3) is 0 Å². The summed E-state index contributed by atoms with van der Waals surface area (Å²) in [6.45, 7) is 7.25. The summed E-state index contributed by atoms with van der Waals surface area (Å²) in [6.07, 6.45) is 5.81. The lowest BCUT2D eigenvalue weighted by atomic mass is 9.84. The third-order valence-electron chi connectivity index (χ3n) is 6.77. The fourth-order valence-electron chi connectivity index (χ4n) is 4.83. The first kappa shape index (κ1) is 25.9. The van der Waals surface area contributed by atoms with Gasteiger partial charge < -0.3 is 4.74 Å². The molecule has 0 heterocycles. The Morgan fingerprint density at radius 3 is 2.09 bits per heavy atom. The highest BCUT2D eigenvalue weighted by atomic mass is 16.5. The van der Waals surface area contributed by atoms with Gasteiger partial charge in [-0.2, -0.15) is 0 Å². The molecule has 2 atom stereocenters. The lowest BCUT2D eigenvalue weighted by molar-refractivity contribution is -0.150. The molecule has 0 fully saturated rings. The maximum Gasteiger partial charge on any atom is 0.302 e. The van der Waals surface area contributed by atoms with Crippen molar-refractivity contribution in [1.29, 1.82) is 0 Å². The van der Waals surface area contributed by atoms with Gasteiger partial charge in [-0.25, -0.2) is 0 Å². The Balaban J connectivity index is 1.89. The van der Waals surface area contributed by atoms with Crippen molar-refractivity contribution in [2.45, 2.75) is 91.0 Å². The Morgan fingerprint density at radius 2 is 1.56 bits per heavy atom. The number of unbranched alkanes of at least 4 members (excludes halogenated alkanes) is 1. The largest absolute Gasteiger partial charge is 0.461 e. The topological polar surface area (TPSA) is 46.6 Å². The summed E-state index contributed by atoms with van der Waals surface area (Å²) >= 11 is 0. The van der Waals surface area contributed by atoms with Crippen LogP contribution >= 0.6 is 0 Å². The monoisotopic (exact) mass is 461 g/mol. The van der Waals surface area contributed by atoms with Crippen molar-refractivity contribution in [3.63, 3.8) is 0 Å². The Kier molecular flexibility index (Phi) is 10.1. The highest BCUT2D eigenvalue weighted by Gasteiger charge is 2.31. The molecule has 0 N–H and O–H groups in total. The van der Waals surface area contributed by atoms with Gasteiger partial charge >= 0.3 is 5.97 Å². The number of nitrogens with zero attached hydrogens (tertiary/aromatic N) is 1. The molecule has 1 aliphatic carbocycles. The first-order chi connectivity index (χ1) is 16.5. The van der Waals surface area contributed by atoms with Crippen LogP contribution in [0.3, 0.4) is 0 Å². The maximum absolute atomic E-state index is 13.0.